The molecule has 1 aliphatic rings. The van der Waals surface area contributed by atoms with Gasteiger partial charge in [-0.1, -0.05) is 0 Å². The zero-order valence-corrected chi connectivity index (χ0v) is 11.9. The lowest BCUT2D eigenvalue weighted by Crippen LogP contribution is -2.32. The fourth-order valence-electron chi connectivity index (χ4n) is 1.59. The van der Waals surface area contributed by atoms with Crippen LogP contribution in [-0.4, -0.2) is 26.7 Å². The molecule has 0 unspecified atom stereocenters. The number of halogens is 2. The summed E-state index contributed by atoms with van der Waals surface area (Å²) in [5.74, 6) is -0.505. The van der Waals surface area contributed by atoms with Crippen molar-refractivity contribution in [2.24, 2.45) is 5.41 Å². The van der Waals surface area contributed by atoms with Crippen molar-refractivity contribution in [2.75, 3.05) is 13.2 Å². The monoisotopic (exact) mass is 337 g/mol. The first-order chi connectivity index (χ1) is 8.38. The Morgan fingerprint density at radius 1 is 1.44 bits per heavy atom. The topological polar surface area (TPSA) is 66.4 Å². The molecule has 2 rings (SSSR count). The van der Waals surface area contributed by atoms with Gasteiger partial charge in [-0.15, -0.1) is 0 Å². The lowest BCUT2D eigenvalue weighted by Gasteiger charge is -2.13. The number of aliphatic hydroxyl groups is 1. The minimum atomic E-state index is -3.69. The Kier molecular flexibility index (Phi) is 3.77. The molecule has 0 saturated heterocycles. The third kappa shape index (κ3) is 2.90. The second-order valence-electron chi connectivity index (χ2n) is 4.56. The molecule has 1 saturated carbocycles. The van der Waals surface area contributed by atoms with Crippen molar-refractivity contribution >= 4 is 26.0 Å². The lowest BCUT2D eigenvalue weighted by atomic mass is 10.1. The van der Waals surface area contributed by atoms with Crippen LogP contribution in [-0.2, 0) is 10.0 Å². The second kappa shape index (κ2) is 4.88. The number of sulfonamides is 1. The molecule has 7 heteroatoms. The first-order valence-corrected chi connectivity index (χ1v) is 7.72. The van der Waals surface area contributed by atoms with Gasteiger partial charge >= 0.3 is 0 Å². The number of hydrogen-bond acceptors (Lipinski definition) is 3. The molecule has 0 aliphatic heterocycles. The van der Waals surface area contributed by atoms with Gasteiger partial charge in [0.25, 0.3) is 0 Å². The summed E-state index contributed by atoms with van der Waals surface area (Å²) in [5, 5.41) is 9.12. The molecule has 0 atom stereocenters. The van der Waals surface area contributed by atoms with Crippen LogP contribution in [0, 0.1) is 11.2 Å². The van der Waals surface area contributed by atoms with Gasteiger partial charge in [0, 0.05) is 23.0 Å². The molecule has 1 aliphatic carbocycles. The minimum Gasteiger partial charge on any atom is -0.396 e. The van der Waals surface area contributed by atoms with E-state index in [0.717, 1.165) is 25.0 Å². The van der Waals surface area contributed by atoms with Gasteiger partial charge in [-0.25, -0.2) is 17.5 Å². The van der Waals surface area contributed by atoms with E-state index < -0.39 is 15.8 Å². The first-order valence-electron chi connectivity index (χ1n) is 5.44. The molecule has 0 amide bonds. The largest absolute Gasteiger partial charge is 0.396 e. The molecule has 1 aromatic carbocycles. The van der Waals surface area contributed by atoms with E-state index in [9.17, 15) is 12.8 Å². The van der Waals surface area contributed by atoms with Crippen LogP contribution in [0.3, 0.4) is 0 Å². The predicted octanol–water partition coefficient (Wildman–Crippen LogP) is 1.64. The average Bonchev–Trinajstić information content (AvgIpc) is 3.07. The normalized spacial score (nSPS) is 17.7. The SMILES string of the molecule is O=S(=O)(NCC1(CO)CC1)c1ccc(F)cc1Br. The summed E-state index contributed by atoms with van der Waals surface area (Å²) in [4.78, 5) is -0.00219. The summed E-state index contributed by atoms with van der Waals surface area (Å²) in [7, 11) is -3.69. The Balaban J connectivity index is 2.15. The van der Waals surface area contributed by atoms with Gasteiger partial charge in [-0.05, 0) is 47.0 Å². The predicted molar refractivity (Wildman–Crippen MR) is 68.0 cm³/mol. The van der Waals surface area contributed by atoms with Crippen LogP contribution < -0.4 is 4.72 Å². The molecule has 1 fully saturated rings. The zero-order valence-electron chi connectivity index (χ0n) is 9.49. The highest BCUT2D eigenvalue weighted by atomic mass is 79.9. The van der Waals surface area contributed by atoms with Crippen molar-refractivity contribution in [2.45, 2.75) is 17.7 Å². The molecule has 0 bridgehead atoms. The molecule has 18 heavy (non-hydrogen) atoms. The molecule has 0 aromatic heterocycles. The first kappa shape index (κ1) is 13.9. The molecule has 100 valence electrons. The Morgan fingerprint density at radius 2 is 2.11 bits per heavy atom. The van der Waals surface area contributed by atoms with Crippen molar-refractivity contribution in [3.05, 3.63) is 28.5 Å². The van der Waals surface area contributed by atoms with Crippen LogP contribution in [0.15, 0.2) is 27.6 Å². The minimum absolute atomic E-state index is 0.00219. The number of benzene rings is 1. The fraction of sp³-hybridized carbons (Fsp3) is 0.455. The maximum absolute atomic E-state index is 12.9. The van der Waals surface area contributed by atoms with Crippen molar-refractivity contribution in [1.29, 1.82) is 0 Å². The third-order valence-corrected chi connectivity index (χ3v) is 5.49. The molecule has 0 radical (unpaired) electrons. The van der Waals surface area contributed by atoms with E-state index in [1.165, 1.54) is 6.07 Å². The Labute approximate surface area is 113 Å². The summed E-state index contributed by atoms with van der Waals surface area (Å²) in [6, 6.07) is 3.41. The standard InChI is InChI=1S/C11H13BrFNO3S/c12-9-5-8(13)1-2-10(9)18(16,17)14-6-11(7-15)3-4-11/h1-2,5,14-15H,3-4,6-7H2. The smallest absolute Gasteiger partial charge is 0.241 e. The third-order valence-electron chi connectivity index (χ3n) is 3.11. The van der Waals surface area contributed by atoms with Crippen molar-refractivity contribution in [3.8, 4) is 0 Å². The average molecular weight is 338 g/mol. The van der Waals surface area contributed by atoms with Crippen LogP contribution >= 0.6 is 15.9 Å². The molecule has 4 nitrogen and oxygen atoms in total. The van der Waals surface area contributed by atoms with Gasteiger partial charge in [-0.2, -0.15) is 0 Å². The molecular weight excluding hydrogens is 325 g/mol. The van der Waals surface area contributed by atoms with Gasteiger partial charge < -0.3 is 5.11 Å². The van der Waals surface area contributed by atoms with Crippen LogP contribution in [0.25, 0.3) is 0 Å². The van der Waals surface area contributed by atoms with E-state index in [2.05, 4.69) is 20.7 Å². The molecule has 2 N–H and O–H groups in total. The molecular formula is C11H13BrFNO3S. The Morgan fingerprint density at radius 3 is 2.61 bits per heavy atom. The fourth-order valence-corrected chi connectivity index (χ4v) is 3.79. The highest BCUT2D eigenvalue weighted by molar-refractivity contribution is 9.10. The van der Waals surface area contributed by atoms with E-state index in [1.807, 2.05) is 0 Å². The van der Waals surface area contributed by atoms with E-state index in [1.54, 1.807) is 0 Å². The van der Waals surface area contributed by atoms with Crippen LogP contribution in [0.5, 0.6) is 0 Å². The van der Waals surface area contributed by atoms with E-state index in [4.69, 9.17) is 5.11 Å². The maximum Gasteiger partial charge on any atom is 0.241 e. The summed E-state index contributed by atoms with van der Waals surface area (Å²) >= 11 is 3.03. The molecule has 0 spiro atoms. The van der Waals surface area contributed by atoms with Crippen molar-refractivity contribution in [3.63, 3.8) is 0 Å². The Hall–Kier alpha value is -0.500. The van der Waals surface area contributed by atoms with E-state index in [-0.39, 0.29) is 27.9 Å². The highest BCUT2D eigenvalue weighted by Gasteiger charge is 2.42. The van der Waals surface area contributed by atoms with Gasteiger partial charge in [0.2, 0.25) is 10.0 Å². The lowest BCUT2D eigenvalue weighted by molar-refractivity contribution is 0.213. The van der Waals surface area contributed by atoms with Crippen molar-refractivity contribution in [1.82, 2.24) is 4.72 Å². The van der Waals surface area contributed by atoms with E-state index >= 15 is 0 Å². The summed E-state index contributed by atoms with van der Waals surface area (Å²) in [5.41, 5.74) is -0.306. The van der Waals surface area contributed by atoms with Crippen LogP contribution in [0.1, 0.15) is 12.8 Å². The summed E-state index contributed by atoms with van der Waals surface area (Å²) in [6.45, 7) is 0.176. The Bertz CT molecular complexity index is 557. The van der Waals surface area contributed by atoms with Gasteiger partial charge in [0.15, 0.2) is 0 Å². The van der Waals surface area contributed by atoms with Crippen molar-refractivity contribution < 1.29 is 17.9 Å². The summed E-state index contributed by atoms with van der Waals surface area (Å²) in [6.07, 6.45) is 1.63. The van der Waals surface area contributed by atoms with Crippen LogP contribution in [0.4, 0.5) is 4.39 Å². The highest BCUT2D eigenvalue weighted by Crippen LogP contribution is 2.44. The molecule has 1 aromatic rings. The van der Waals surface area contributed by atoms with Crippen LogP contribution in [0.2, 0.25) is 0 Å². The maximum atomic E-state index is 12.9. The second-order valence-corrected chi connectivity index (χ2v) is 7.15. The molecule has 0 heterocycles. The van der Waals surface area contributed by atoms with E-state index in [0.29, 0.717) is 0 Å². The van der Waals surface area contributed by atoms with Gasteiger partial charge in [0.1, 0.15) is 5.82 Å². The van der Waals surface area contributed by atoms with Gasteiger partial charge in [0.05, 0.1) is 4.90 Å². The number of nitrogens with one attached hydrogen (secondary N) is 1. The summed E-state index contributed by atoms with van der Waals surface area (Å²) < 4.78 is 39.5. The number of aliphatic hydroxyl groups excluding tert-OH is 1. The number of rotatable bonds is 5. The van der Waals surface area contributed by atoms with Gasteiger partial charge in [-0.3, -0.25) is 0 Å². The number of hydrogen-bond donors (Lipinski definition) is 2. The quantitative estimate of drug-likeness (QED) is 0.858. The zero-order chi connectivity index (χ0) is 13.4.